The summed E-state index contributed by atoms with van der Waals surface area (Å²) in [7, 11) is -3.76. The molecule has 216 valence electrons. The molecular formula is C29H32N4O7S. The van der Waals surface area contributed by atoms with Crippen molar-refractivity contribution < 1.29 is 32.2 Å². The van der Waals surface area contributed by atoms with E-state index >= 15 is 0 Å². The van der Waals surface area contributed by atoms with Crippen molar-refractivity contribution in [3.05, 3.63) is 84.4 Å². The molecule has 0 aromatic heterocycles. The molecule has 0 unspecified atom stereocenters. The number of rotatable bonds is 13. The van der Waals surface area contributed by atoms with Crippen LogP contribution in [0.15, 0.2) is 84.0 Å². The minimum Gasteiger partial charge on any atom is -0.484 e. The largest absolute Gasteiger partial charge is 0.484 e. The maximum atomic E-state index is 12.5. The molecule has 1 heterocycles. The molecule has 0 aliphatic carbocycles. The highest BCUT2D eigenvalue weighted by Gasteiger charge is 2.21. The van der Waals surface area contributed by atoms with E-state index < -0.39 is 22.5 Å². The van der Waals surface area contributed by atoms with Crippen LogP contribution in [-0.2, 0) is 24.3 Å². The maximum Gasteiger partial charge on any atom is 0.260 e. The van der Waals surface area contributed by atoms with Crippen molar-refractivity contribution in [2.45, 2.75) is 18.9 Å². The third kappa shape index (κ3) is 9.62. The molecular weight excluding hydrogens is 548 g/mol. The van der Waals surface area contributed by atoms with Gasteiger partial charge in [0, 0.05) is 13.2 Å². The molecule has 41 heavy (non-hydrogen) atoms. The Morgan fingerprint density at radius 2 is 1.66 bits per heavy atom. The molecule has 3 aromatic rings. The smallest absolute Gasteiger partial charge is 0.260 e. The number of carbonyl (C=O) groups is 2. The maximum absolute atomic E-state index is 12.5. The molecule has 1 aliphatic heterocycles. The van der Waals surface area contributed by atoms with Crippen molar-refractivity contribution in [3.8, 4) is 17.2 Å². The van der Waals surface area contributed by atoms with Crippen molar-refractivity contribution in [3.63, 3.8) is 0 Å². The van der Waals surface area contributed by atoms with Gasteiger partial charge in [-0.3, -0.25) is 13.9 Å². The standard InChI is InChI=1S/C29H32N4O7S/c1-41(36,37)33(23-11-15-26(16-12-23)40-25-6-3-2-4-7-25)20-28(34)32-31-18-22-9-13-24(14-10-22)39-21-29(35)30-19-27-8-5-17-38-27/h2-4,6-7,9-16,18,27H,5,8,17,19-21H2,1H3,(H,30,35)(H,32,34)/b31-18-/t27-/m1/s1. The minimum absolute atomic E-state index is 0.0688. The van der Waals surface area contributed by atoms with Crippen molar-refractivity contribution in [2.24, 2.45) is 5.10 Å². The average molecular weight is 581 g/mol. The Bertz CT molecular complexity index is 1420. The number of sulfonamides is 1. The van der Waals surface area contributed by atoms with E-state index in [1.807, 2.05) is 18.2 Å². The van der Waals surface area contributed by atoms with E-state index in [1.54, 1.807) is 60.7 Å². The normalized spacial score (nSPS) is 14.9. The van der Waals surface area contributed by atoms with Crippen LogP contribution >= 0.6 is 0 Å². The number of amides is 2. The predicted octanol–water partition coefficient (Wildman–Crippen LogP) is 3.07. The quantitative estimate of drug-likeness (QED) is 0.234. The Morgan fingerprint density at radius 1 is 0.976 bits per heavy atom. The summed E-state index contributed by atoms with van der Waals surface area (Å²) in [5.41, 5.74) is 3.31. The van der Waals surface area contributed by atoms with Gasteiger partial charge in [0.2, 0.25) is 10.0 Å². The number of hydrogen-bond donors (Lipinski definition) is 2. The summed E-state index contributed by atoms with van der Waals surface area (Å²) < 4.78 is 42.5. The first-order valence-corrected chi connectivity index (χ1v) is 14.8. The summed E-state index contributed by atoms with van der Waals surface area (Å²) in [6.45, 7) is 0.629. The fourth-order valence-electron chi connectivity index (χ4n) is 3.93. The van der Waals surface area contributed by atoms with Gasteiger partial charge in [-0.05, 0) is 79.1 Å². The van der Waals surface area contributed by atoms with Gasteiger partial charge in [-0.2, -0.15) is 5.10 Å². The SMILES string of the molecule is CS(=O)(=O)N(CC(=O)N/N=C\c1ccc(OCC(=O)NC[C@H]2CCCO2)cc1)c1ccc(Oc2ccccc2)cc1. The molecule has 2 N–H and O–H groups in total. The van der Waals surface area contributed by atoms with Crippen molar-refractivity contribution in [1.82, 2.24) is 10.7 Å². The summed E-state index contributed by atoms with van der Waals surface area (Å²) in [5.74, 6) is 0.824. The average Bonchev–Trinajstić information content (AvgIpc) is 3.49. The minimum atomic E-state index is -3.76. The van der Waals surface area contributed by atoms with Gasteiger partial charge >= 0.3 is 0 Å². The number of ether oxygens (including phenoxy) is 3. The Kier molecular flexibility index (Phi) is 10.3. The van der Waals surface area contributed by atoms with E-state index in [0.29, 0.717) is 35.0 Å². The van der Waals surface area contributed by atoms with E-state index in [9.17, 15) is 18.0 Å². The van der Waals surface area contributed by atoms with Crippen LogP contribution in [0, 0.1) is 0 Å². The summed E-state index contributed by atoms with van der Waals surface area (Å²) >= 11 is 0. The van der Waals surface area contributed by atoms with Gasteiger partial charge in [0.1, 0.15) is 23.8 Å². The van der Waals surface area contributed by atoms with Crippen LogP contribution in [0.2, 0.25) is 0 Å². The third-order valence-corrected chi connectivity index (χ3v) is 7.14. The van der Waals surface area contributed by atoms with E-state index in [4.69, 9.17) is 14.2 Å². The molecule has 0 spiro atoms. The van der Waals surface area contributed by atoms with E-state index in [-0.39, 0.29) is 18.6 Å². The van der Waals surface area contributed by atoms with Crippen LogP contribution in [0.5, 0.6) is 17.2 Å². The number of nitrogens with one attached hydrogen (secondary N) is 2. The number of para-hydroxylation sites is 1. The lowest BCUT2D eigenvalue weighted by Crippen LogP contribution is -2.39. The zero-order valence-corrected chi connectivity index (χ0v) is 23.4. The first-order chi connectivity index (χ1) is 19.8. The van der Waals surface area contributed by atoms with Crippen LogP contribution in [0.1, 0.15) is 18.4 Å². The van der Waals surface area contributed by atoms with Gasteiger partial charge in [0.15, 0.2) is 6.61 Å². The van der Waals surface area contributed by atoms with Gasteiger partial charge in [-0.25, -0.2) is 13.8 Å². The Morgan fingerprint density at radius 3 is 2.32 bits per heavy atom. The van der Waals surface area contributed by atoms with E-state index in [0.717, 1.165) is 30.0 Å². The van der Waals surface area contributed by atoms with Gasteiger partial charge < -0.3 is 19.5 Å². The fraction of sp³-hybridized carbons (Fsp3) is 0.276. The monoisotopic (exact) mass is 580 g/mol. The van der Waals surface area contributed by atoms with E-state index in [2.05, 4.69) is 15.8 Å². The van der Waals surface area contributed by atoms with E-state index in [1.165, 1.54) is 6.21 Å². The molecule has 0 bridgehead atoms. The molecule has 1 fully saturated rings. The van der Waals surface area contributed by atoms with Gasteiger partial charge in [-0.15, -0.1) is 0 Å². The zero-order chi connectivity index (χ0) is 29.1. The topological polar surface area (TPSA) is 136 Å². The van der Waals surface area contributed by atoms with Crippen molar-refractivity contribution in [2.75, 3.05) is 36.9 Å². The Labute approximate surface area is 239 Å². The molecule has 11 nitrogen and oxygen atoms in total. The van der Waals surface area contributed by atoms with Crippen LogP contribution in [-0.4, -0.2) is 65.1 Å². The zero-order valence-electron chi connectivity index (χ0n) is 22.6. The number of nitrogens with zero attached hydrogens (tertiary/aromatic N) is 2. The van der Waals surface area contributed by atoms with Gasteiger partial charge in [0.05, 0.1) is 24.3 Å². The van der Waals surface area contributed by atoms with Crippen molar-refractivity contribution in [1.29, 1.82) is 0 Å². The molecule has 3 aromatic carbocycles. The molecule has 0 saturated carbocycles. The molecule has 4 rings (SSSR count). The van der Waals surface area contributed by atoms with Crippen LogP contribution in [0.25, 0.3) is 0 Å². The molecule has 1 saturated heterocycles. The molecule has 1 aliphatic rings. The van der Waals surface area contributed by atoms with Crippen LogP contribution in [0.4, 0.5) is 5.69 Å². The molecule has 1 atom stereocenters. The number of benzene rings is 3. The number of anilines is 1. The summed E-state index contributed by atoms with van der Waals surface area (Å²) in [6.07, 6.45) is 4.46. The second-order valence-electron chi connectivity index (χ2n) is 9.27. The number of carbonyl (C=O) groups excluding carboxylic acids is 2. The lowest BCUT2D eigenvalue weighted by molar-refractivity contribution is -0.123. The fourth-order valence-corrected chi connectivity index (χ4v) is 4.79. The first kappa shape index (κ1) is 29.6. The number of hydrogen-bond acceptors (Lipinski definition) is 8. The summed E-state index contributed by atoms with van der Waals surface area (Å²) in [4.78, 5) is 24.4. The molecule has 0 radical (unpaired) electrons. The van der Waals surface area contributed by atoms with Gasteiger partial charge in [-0.1, -0.05) is 18.2 Å². The summed E-state index contributed by atoms with van der Waals surface area (Å²) in [6, 6.07) is 22.3. The Hall–Kier alpha value is -4.42. The number of hydrazone groups is 1. The highest BCUT2D eigenvalue weighted by atomic mass is 32.2. The van der Waals surface area contributed by atoms with Gasteiger partial charge in [0.25, 0.3) is 11.8 Å². The second-order valence-corrected chi connectivity index (χ2v) is 11.2. The Balaban J connectivity index is 1.24. The molecule has 12 heteroatoms. The van der Waals surface area contributed by atoms with Crippen LogP contribution < -0.4 is 24.5 Å². The lowest BCUT2D eigenvalue weighted by Gasteiger charge is -2.21. The third-order valence-electron chi connectivity index (χ3n) is 5.99. The molecule has 2 amide bonds. The summed E-state index contributed by atoms with van der Waals surface area (Å²) in [5, 5.41) is 6.71. The second kappa shape index (κ2) is 14.3. The van der Waals surface area contributed by atoms with Crippen molar-refractivity contribution >= 4 is 33.7 Å². The lowest BCUT2D eigenvalue weighted by atomic mass is 10.2. The highest BCUT2D eigenvalue weighted by Crippen LogP contribution is 2.25. The van der Waals surface area contributed by atoms with Crippen LogP contribution in [0.3, 0.4) is 0 Å². The highest BCUT2D eigenvalue weighted by molar-refractivity contribution is 7.92. The first-order valence-electron chi connectivity index (χ1n) is 13.0. The predicted molar refractivity (Wildman–Crippen MR) is 155 cm³/mol.